The smallest absolute Gasteiger partial charge is 0.253 e. The van der Waals surface area contributed by atoms with Gasteiger partial charge in [0.25, 0.3) is 5.91 Å². The number of carbonyl (C=O) groups excluding carboxylic acids is 1. The van der Waals surface area contributed by atoms with Crippen LogP contribution in [0.4, 0.5) is 0 Å². The quantitative estimate of drug-likeness (QED) is 0.880. The number of nitrogens with zero attached hydrogens (tertiary/aromatic N) is 1. The van der Waals surface area contributed by atoms with Crippen LogP contribution in [0.5, 0.6) is 0 Å². The van der Waals surface area contributed by atoms with Gasteiger partial charge in [0.15, 0.2) is 0 Å². The molecule has 0 saturated carbocycles. The van der Waals surface area contributed by atoms with Gasteiger partial charge in [0.2, 0.25) is 0 Å². The first-order valence-corrected chi connectivity index (χ1v) is 7.92. The largest absolute Gasteiger partial charge is 0.352 e. The summed E-state index contributed by atoms with van der Waals surface area (Å²) in [4.78, 5) is 12.5. The molecule has 0 atom stereocenters. The third kappa shape index (κ3) is 3.56. The minimum Gasteiger partial charge on any atom is -0.352 e. The average molecular weight is 349 g/mol. The highest BCUT2D eigenvalue weighted by Crippen LogP contribution is 2.24. The second-order valence-corrected chi connectivity index (χ2v) is 6.63. The van der Waals surface area contributed by atoms with Gasteiger partial charge in [0.1, 0.15) is 0 Å². The van der Waals surface area contributed by atoms with E-state index in [4.69, 9.17) is 0 Å². The maximum atomic E-state index is 12.5. The Balaban J connectivity index is 2.46. The third-order valence-corrected chi connectivity index (χ3v) is 3.88. The Kier molecular flexibility index (Phi) is 4.88. The SMILES string of the molecule is Cc1ccc(C)n1-c1ccc(Br)cc1C(=O)NCC(C)C. The molecule has 1 N–H and O–H groups in total. The molecule has 0 spiro atoms. The zero-order valence-corrected chi connectivity index (χ0v) is 14.5. The van der Waals surface area contributed by atoms with Crippen molar-refractivity contribution >= 4 is 21.8 Å². The lowest BCUT2D eigenvalue weighted by Gasteiger charge is -2.16. The van der Waals surface area contributed by atoms with Crippen molar-refractivity contribution in [2.24, 2.45) is 5.92 Å². The van der Waals surface area contributed by atoms with E-state index in [1.54, 1.807) is 0 Å². The van der Waals surface area contributed by atoms with Crippen molar-refractivity contribution < 1.29 is 4.79 Å². The molecule has 0 aliphatic heterocycles. The van der Waals surface area contributed by atoms with Gasteiger partial charge in [-0.25, -0.2) is 0 Å². The van der Waals surface area contributed by atoms with Crippen LogP contribution >= 0.6 is 15.9 Å². The molecule has 2 aromatic rings. The van der Waals surface area contributed by atoms with Gasteiger partial charge >= 0.3 is 0 Å². The normalized spacial score (nSPS) is 11.0. The van der Waals surface area contributed by atoms with Crippen LogP contribution in [0.2, 0.25) is 0 Å². The number of benzene rings is 1. The molecule has 21 heavy (non-hydrogen) atoms. The van der Waals surface area contributed by atoms with E-state index in [0.717, 1.165) is 21.5 Å². The maximum absolute atomic E-state index is 12.5. The minimum absolute atomic E-state index is 0.0347. The van der Waals surface area contributed by atoms with Crippen LogP contribution in [0.25, 0.3) is 5.69 Å². The summed E-state index contributed by atoms with van der Waals surface area (Å²) >= 11 is 3.46. The van der Waals surface area contributed by atoms with Crippen molar-refractivity contribution in [3.05, 3.63) is 51.8 Å². The molecule has 0 saturated heterocycles. The molecule has 0 aliphatic carbocycles. The predicted octanol–water partition coefficient (Wildman–Crippen LogP) is 4.24. The van der Waals surface area contributed by atoms with E-state index in [2.05, 4.69) is 51.8 Å². The predicted molar refractivity (Wildman–Crippen MR) is 90.1 cm³/mol. The summed E-state index contributed by atoms with van der Waals surface area (Å²) in [5.41, 5.74) is 3.84. The number of aryl methyl sites for hydroxylation is 2. The Morgan fingerprint density at radius 2 is 1.81 bits per heavy atom. The van der Waals surface area contributed by atoms with Gasteiger partial charge < -0.3 is 9.88 Å². The van der Waals surface area contributed by atoms with Crippen molar-refractivity contribution in [2.45, 2.75) is 27.7 Å². The Labute approximate surface area is 134 Å². The highest BCUT2D eigenvalue weighted by atomic mass is 79.9. The van der Waals surface area contributed by atoms with E-state index in [9.17, 15) is 4.79 Å². The Hall–Kier alpha value is -1.55. The number of hydrogen-bond acceptors (Lipinski definition) is 1. The summed E-state index contributed by atoms with van der Waals surface area (Å²) in [5.74, 6) is 0.395. The molecule has 1 amide bonds. The lowest BCUT2D eigenvalue weighted by molar-refractivity contribution is 0.0949. The molecule has 0 bridgehead atoms. The van der Waals surface area contributed by atoms with E-state index in [1.807, 2.05) is 32.0 Å². The highest BCUT2D eigenvalue weighted by molar-refractivity contribution is 9.10. The summed E-state index contributed by atoms with van der Waals surface area (Å²) in [6.45, 7) is 8.94. The Bertz CT molecular complexity index is 639. The first-order chi connectivity index (χ1) is 9.90. The molecule has 4 heteroatoms. The van der Waals surface area contributed by atoms with Gasteiger partial charge in [0, 0.05) is 22.4 Å². The zero-order valence-electron chi connectivity index (χ0n) is 12.9. The van der Waals surface area contributed by atoms with Crippen LogP contribution in [0.3, 0.4) is 0 Å². The van der Waals surface area contributed by atoms with Gasteiger partial charge in [-0.1, -0.05) is 29.8 Å². The van der Waals surface area contributed by atoms with Crippen molar-refractivity contribution in [3.63, 3.8) is 0 Å². The molecule has 1 aromatic heterocycles. The third-order valence-electron chi connectivity index (χ3n) is 3.39. The molecule has 0 radical (unpaired) electrons. The van der Waals surface area contributed by atoms with Crippen LogP contribution in [0, 0.1) is 19.8 Å². The van der Waals surface area contributed by atoms with E-state index >= 15 is 0 Å². The number of aromatic nitrogens is 1. The maximum Gasteiger partial charge on any atom is 0.253 e. The average Bonchev–Trinajstić information content (AvgIpc) is 2.76. The number of carbonyl (C=O) groups is 1. The molecule has 0 fully saturated rings. The molecule has 112 valence electrons. The molecular weight excluding hydrogens is 328 g/mol. The fourth-order valence-electron chi connectivity index (χ4n) is 2.33. The number of nitrogens with one attached hydrogen (secondary N) is 1. The Morgan fingerprint density at radius 3 is 2.38 bits per heavy atom. The number of rotatable bonds is 4. The van der Waals surface area contributed by atoms with Crippen molar-refractivity contribution in [3.8, 4) is 5.69 Å². The monoisotopic (exact) mass is 348 g/mol. The summed E-state index contributed by atoms with van der Waals surface area (Å²) in [6, 6.07) is 9.95. The molecular formula is C17H21BrN2O. The summed E-state index contributed by atoms with van der Waals surface area (Å²) < 4.78 is 3.01. The van der Waals surface area contributed by atoms with Crippen LogP contribution in [0.1, 0.15) is 35.6 Å². The zero-order chi connectivity index (χ0) is 15.6. The molecule has 3 nitrogen and oxygen atoms in total. The molecule has 1 heterocycles. The summed E-state index contributed by atoms with van der Waals surface area (Å²) in [5, 5.41) is 2.99. The fraction of sp³-hybridized carbons (Fsp3) is 0.353. The lowest BCUT2D eigenvalue weighted by Crippen LogP contribution is -2.28. The van der Waals surface area contributed by atoms with Crippen molar-refractivity contribution in [1.82, 2.24) is 9.88 Å². The Morgan fingerprint density at radius 1 is 1.19 bits per heavy atom. The van der Waals surface area contributed by atoms with Crippen molar-refractivity contribution in [1.29, 1.82) is 0 Å². The number of amides is 1. The first-order valence-electron chi connectivity index (χ1n) is 7.13. The van der Waals surface area contributed by atoms with Gasteiger partial charge in [0.05, 0.1) is 11.3 Å². The van der Waals surface area contributed by atoms with Crippen molar-refractivity contribution in [2.75, 3.05) is 6.54 Å². The minimum atomic E-state index is -0.0347. The molecule has 1 aromatic carbocycles. The number of hydrogen-bond donors (Lipinski definition) is 1. The van der Waals surface area contributed by atoms with E-state index in [0.29, 0.717) is 18.0 Å². The number of halogens is 1. The van der Waals surface area contributed by atoms with Gasteiger partial charge in [-0.3, -0.25) is 4.79 Å². The lowest BCUT2D eigenvalue weighted by atomic mass is 10.1. The van der Waals surface area contributed by atoms with E-state index in [1.165, 1.54) is 0 Å². The molecule has 0 aliphatic rings. The van der Waals surface area contributed by atoms with E-state index in [-0.39, 0.29) is 5.91 Å². The van der Waals surface area contributed by atoms with Gasteiger partial charge in [-0.05, 0) is 50.1 Å². The fourth-order valence-corrected chi connectivity index (χ4v) is 2.69. The van der Waals surface area contributed by atoms with Gasteiger partial charge in [-0.15, -0.1) is 0 Å². The topological polar surface area (TPSA) is 34.0 Å². The van der Waals surface area contributed by atoms with Crippen LogP contribution in [-0.2, 0) is 0 Å². The molecule has 2 rings (SSSR count). The van der Waals surface area contributed by atoms with Gasteiger partial charge in [-0.2, -0.15) is 0 Å². The molecule has 0 unspecified atom stereocenters. The second kappa shape index (κ2) is 6.48. The summed E-state index contributed by atoms with van der Waals surface area (Å²) in [7, 11) is 0. The van der Waals surface area contributed by atoms with Crippen LogP contribution < -0.4 is 5.32 Å². The standard InChI is InChI=1S/C17H21BrN2O/c1-11(2)10-19-17(21)15-9-14(18)7-8-16(15)20-12(3)5-6-13(20)4/h5-9,11H,10H2,1-4H3,(H,19,21). The highest BCUT2D eigenvalue weighted by Gasteiger charge is 2.15. The van der Waals surface area contributed by atoms with Crippen LogP contribution in [-0.4, -0.2) is 17.0 Å². The van der Waals surface area contributed by atoms with Crippen LogP contribution in [0.15, 0.2) is 34.8 Å². The first kappa shape index (κ1) is 15.8. The summed E-state index contributed by atoms with van der Waals surface area (Å²) in [6.07, 6.45) is 0. The van der Waals surface area contributed by atoms with E-state index < -0.39 is 0 Å². The second-order valence-electron chi connectivity index (χ2n) is 5.72.